The number of halogens is 2. The van der Waals surface area contributed by atoms with Gasteiger partial charge in [-0.2, -0.15) is 0 Å². The summed E-state index contributed by atoms with van der Waals surface area (Å²) in [4.78, 5) is 22.0. The largest absolute Gasteiger partial charge is 0.393 e. The molecule has 0 atom stereocenters. The van der Waals surface area contributed by atoms with E-state index >= 15 is 0 Å². The molecule has 6 heteroatoms. The lowest BCUT2D eigenvalue weighted by molar-refractivity contribution is -0.133. The maximum absolute atomic E-state index is 13.1. The third kappa shape index (κ3) is 2.41. The van der Waals surface area contributed by atoms with Crippen LogP contribution in [0.25, 0.3) is 0 Å². The van der Waals surface area contributed by atoms with Crippen molar-refractivity contribution in [1.29, 1.82) is 0 Å². The van der Waals surface area contributed by atoms with Crippen LogP contribution in [0.5, 0.6) is 0 Å². The van der Waals surface area contributed by atoms with Crippen LogP contribution in [-0.2, 0) is 9.53 Å². The second-order valence-corrected chi connectivity index (χ2v) is 2.80. The number of hydrogen-bond donors (Lipinski definition) is 1. The molecule has 0 saturated heterocycles. The van der Waals surface area contributed by atoms with E-state index in [1.165, 1.54) is 0 Å². The molecule has 0 bridgehead atoms. The van der Waals surface area contributed by atoms with Crippen molar-refractivity contribution < 1.29 is 23.1 Å². The van der Waals surface area contributed by atoms with Crippen LogP contribution in [0.4, 0.5) is 8.78 Å². The summed E-state index contributed by atoms with van der Waals surface area (Å²) in [5.74, 6) is -5.13. The van der Waals surface area contributed by atoms with Gasteiger partial charge in [-0.15, -0.1) is 0 Å². The average Bonchev–Trinajstić information content (AvgIpc) is 2.21. The third-order valence-electron chi connectivity index (χ3n) is 1.62. The van der Waals surface area contributed by atoms with Crippen LogP contribution in [0, 0.1) is 11.6 Å². The number of nitrogens with two attached hydrogens (primary N) is 1. The normalized spacial score (nSPS) is 9.62. The van der Waals surface area contributed by atoms with E-state index in [1.54, 1.807) is 0 Å². The molecule has 1 aromatic carbocycles. The van der Waals surface area contributed by atoms with E-state index in [-0.39, 0.29) is 0 Å². The number of benzene rings is 1. The maximum atomic E-state index is 13.1. The number of carbonyl (C=O) groups is 2. The second kappa shape index (κ2) is 4.52. The van der Waals surface area contributed by atoms with Gasteiger partial charge in [-0.1, -0.05) is 12.6 Å². The minimum absolute atomic E-state index is 0.509. The maximum Gasteiger partial charge on any atom is 0.361 e. The van der Waals surface area contributed by atoms with Crippen LogP contribution in [0.1, 0.15) is 10.4 Å². The Labute approximate surface area is 89.3 Å². The van der Waals surface area contributed by atoms with E-state index < -0.39 is 34.8 Å². The molecule has 1 aromatic rings. The van der Waals surface area contributed by atoms with Crippen LogP contribution in [0.15, 0.2) is 30.5 Å². The molecule has 16 heavy (non-hydrogen) atoms. The molecule has 84 valence electrons. The molecule has 0 amide bonds. The number of rotatable bonds is 2. The fraction of sp³-hybridized carbons (Fsp3) is 0. The van der Waals surface area contributed by atoms with Crippen molar-refractivity contribution in [2.45, 2.75) is 0 Å². The van der Waals surface area contributed by atoms with Crippen molar-refractivity contribution in [3.05, 3.63) is 47.7 Å². The highest BCUT2D eigenvalue weighted by molar-refractivity contribution is 6.01. The van der Waals surface area contributed by atoms with E-state index in [0.29, 0.717) is 0 Å². The fourth-order valence-electron chi connectivity index (χ4n) is 0.866. The Morgan fingerprint density at radius 2 is 1.94 bits per heavy atom. The van der Waals surface area contributed by atoms with Gasteiger partial charge < -0.3 is 10.5 Å². The lowest BCUT2D eigenvalue weighted by atomic mass is 10.2. The molecule has 0 heterocycles. The van der Waals surface area contributed by atoms with Crippen LogP contribution in [0.2, 0.25) is 0 Å². The number of ether oxygens (including phenoxy) is 1. The van der Waals surface area contributed by atoms with E-state index in [2.05, 4.69) is 11.3 Å². The molecule has 0 saturated carbocycles. The van der Waals surface area contributed by atoms with E-state index in [4.69, 9.17) is 5.73 Å². The Bertz CT molecular complexity index is 471. The molecule has 0 spiro atoms. The molecule has 0 radical (unpaired) electrons. The van der Waals surface area contributed by atoms with Crippen molar-refractivity contribution >= 4 is 11.9 Å². The predicted octanol–water partition coefficient (Wildman–Crippen LogP) is 1.12. The summed E-state index contributed by atoms with van der Waals surface area (Å²) in [6.07, 6.45) is 0. The first-order valence-corrected chi connectivity index (χ1v) is 4.08. The lowest BCUT2D eigenvalue weighted by Gasteiger charge is -2.03. The van der Waals surface area contributed by atoms with Crippen molar-refractivity contribution in [3.8, 4) is 0 Å². The molecule has 0 aliphatic rings. The van der Waals surface area contributed by atoms with Gasteiger partial charge in [0.15, 0.2) is 11.6 Å². The van der Waals surface area contributed by atoms with Crippen molar-refractivity contribution in [2.24, 2.45) is 5.73 Å². The molecule has 4 nitrogen and oxygen atoms in total. The zero-order valence-corrected chi connectivity index (χ0v) is 8.00. The molecule has 1 rings (SSSR count). The van der Waals surface area contributed by atoms with E-state index in [0.717, 1.165) is 18.2 Å². The number of hydrogen-bond acceptors (Lipinski definition) is 4. The van der Waals surface area contributed by atoms with Gasteiger partial charge in [-0.25, -0.2) is 18.4 Å². The molecule has 0 aromatic heterocycles. The topological polar surface area (TPSA) is 69.4 Å². The Hall–Kier alpha value is -2.24. The summed E-state index contributed by atoms with van der Waals surface area (Å²) in [5.41, 5.74) is 3.75. The molecular formula is C10H7F2NO3. The minimum Gasteiger partial charge on any atom is -0.393 e. The second-order valence-electron chi connectivity index (χ2n) is 2.80. The van der Waals surface area contributed by atoms with Crippen molar-refractivity contribution in [1.82, 2.24) is 0 Å². The Balaban J connectivity index is 2.94. The minimum atomic E-state index is -1.39. The zero-order chi connectivity index (χ0) is 12.3. The van der Waals surface area contributed by atoms with Gasteiger partial charge in [0, 0.05) is 0 Å². The van der Waals surface area contributed by atoms with Gasteiger partial charge in [-0.05, 0) is 12.1 Å². The Morgan fingerprint density at radius 1 is 1.31 bits per heavy atom. The van der Waals surface area contributed by atoms with Gasteiger partial charge in [0.2, 0.25) is 0 Å². The van der Waals surface area contributed by atoms with Crippen LogP contribution >= 0.6 is 0 Å². The summed E-state index contributed by atoms with van der Waals surface area (Å²) < 4.78 is 29.9. The third-order valence-corrected chi connectivity index (χ3v) is 1.62. The lowest BCUT2D eigenvalue weighted by Crippen LogP contribution is -2.19. The summed E-state index contributed by atoms with van der Waals surface area (Å²) in [7, 11) is 0. The first-order valence-electron chi connectivity index (χ1n) is 4.08. The van der Waals surface area contributed by atoms with Gasteiger partial charge in [-0.3, -0.25) is 0 Å². The molecule has 0 unspecified atom stereocenters. The van der Waals surface area contributed by atoms with Crippen molar-refractivity contribution in [2.75, 3.05) is 0 Å². The smallest absolute Gasteiger partial charge is 0.361 e. The summed E-state index contributed by atoms with van der Waals surface area (Å²) >= 11 is 0. The number of esters is 2. The molecule has 2 N–H and O–H groups in total. The first kappa shape index (κ1) is 11.8. The molecule has 0 aliphatic carbocycles. The van der Waals surface area contributed by atoms with Crippen molar-refractivity contribution in [3.63, 3.8) is 0 Å². The van der Waals surface area contributed by atoms with E-state index in [9.17, 15) is 18.4 Å². The number of carbonyl (C=O) groups excluding carboxylic acids is 2. The van der Waals surface area contributed by atoms with Gasteiger partial charge in [0.05, 0.1) is 5.56 Å². The van der Waals surface area contributed by atoms with Crippen LogP contribution in [0.3, 0.4) is 0 Å². The van der Waals surface area contributed by atoms with Gasteiger partial charge in [0.1, 0.15) is 5.70 Å². The Morgan fingerprint density at radius 3 is 2.50 bits per heavy atom. The standard InChI is InChI=1S/C10H7F2NO3/c1-5(13)9(14)16-10(15)6-3-2-4-7(11)8(6)12/h2-4H,1,13H2. The highest BCUT2D eigenvalue weighted by Crippen LogP contribution is 2.12. The van der Waals surface area contributed by atoms with Crippen LogP contribution < -0.4 is 5.73 Å². The van der Waals surface area contributed by atoms with Gasteiger partial charge >= 0.3 is 11.9 Å². The summed E-state index contributed by atoms with van der Waals surface area (Å²) in [5, 5.41) is 0. The average molecular weight is 227 g/mol. The zero-order valence-electron chi connectivity index (χ0n) is 8.00. The summed E-state index contributed by atoms with van der Waals surface area (Å²) in [6, 6.07) is 2.92. The quantitative estimate of drug-likeness (QED) is 0.467. The van der Waals surface area contributed by atoms with E-state index in [1.807, 2.05) is 0 Å². The SMILES string of the molecule is C=C(N)C(=O)OC(=O)c1cccc(F)c1F. The summed E-state index contributed by atoms with van der Waals surface area (Å²) in [6.45, 7) is 3.02. The monoisotopic (exact) mass is 227 g/mol. The molecule has 0 fully saturated rings. The Kier molecular flexibility index (Phi) is 3.34. The molecular weight excluding hydrogens is 220 g/mol. The predicted molar refractivity (Wildman–Crippen MR) is 50.1 cm³/mol. The molecule has 0 aliphatic heterocycles. The first-order chi connectivity index (χ1) is 7.43. The van der Waals surface area contributed by atoms with Gasteiger partial charge in [0.25, 0.3) is 0 Å². The van der Waals surface area contributed by atoms with Crippen LogP contribution in [-0.4, -0.2) is 11.9 Å². The highest BCUT2D eigenvalue weighted by Gasteiger charge is 2.19. The highest BCUT2D eigenvalue weighted by atomic mass is 19.2. The fourth-order valence-corrected chi connectivity index (χ4v) is 0.866.